The third-order valence-electron chi connectivity index (χ3n) is 6.32. The van der Waals surface area contributed by atoms with Gasteiger partial charge in [0.1, 0.15) is 0 Å². The lowest BCUT2D eigenvalue weighted by Gasteiger charge is -2.45. The van der Waals surface area contributed by atoms with Crippen LogP contribution < -0.4 is 0 Å². The first-order valence-electron chi connectivity index (χ1n) is 9.63. The van der Waals surface area contributed by atoms with Crippen LogP contribution in [0.25, 0.3) is 11.0 Å². The van der Waals surface area contributed by atoms with E-state index in [-0.39, 0.29) is 5.54 Å². The van der Waals surface area contributed by atoms with Crippen molar-refractivity contribution in [2.75, 3.05) is 13.1 Å². The lowest BCUT2D eigenvalue weighted by molar-refractivity contribution is 0.0739. The molecule has 2 aromatic rings. The number of hydrogen-bond donors (Lipinski definition) is 0. The molecular formula is C21H29N3. The van der Waals surface area contributed by atoms with Crippen LogP contribution in [0.4, 0.5) is 0 Å². The van der Waals surface area contributed by atoms with Gasteiger partial charge in [-0.3, -0.25) is 4.90 Å². The van der Waals surface area contributed by atoms with Gasteiger partial charge in [-0.15, -0.1) is 6.58 Å². The molecule has 2 fully saturated rings. The molecule has 0 N–H and O–H groups in total. The number of nitrogens with zero attached hydrogens (tertiary/aromatic N) is 3. The van der Waals surface area contributed by atoms with E-state index in [1.807, 2.05) is 6.33 Å². The second-order valence-electron chi connectivity index (χ2n) is 7.58. The molecule has 1 aromatic heterocycles. The van der Waals surface area contributed by atoms with Gasteiger partial charge in [-0.1, -0.05) is 43.9 Å². The molecule has 3 heteroatoms. The van der Waals surface area contributed by atoms with Crippen molar-refractivity contribution in [3.63, 3.8) is 0 Å². The lowest BCUT2D eigenvalue weighted by atomic mass is 9.86. The van der Waals surface area contributed by atoms with E-state index in [0.717, 1.165) is 5.52 Å². The molecule has 2 aliphatic rings. The number of benzene rings is 1. The Hall–Kier alpha value is -1.61. The highest BCUT2D eigenvalue weighted by Gasteiger charge is 2.36. The maximum atomic E-state index is 4.58. The lowest BCUT2D eigenvalue weighted by Crippen LogP contribution is -2.50. The van der Waals surface area contributed by atoms with Crippen molar-refractivity contribution in [3.05, 3.63) is 43.2 Å². The molecule has 0 amide bonds. The molecule has 1 aliphatic carbocycles. The summed E-state index contributed by atoms with van der Waals surface area (Å²) >= 11 is 0. The average Bonchev–Trinajstić information content (AvgIpc) is 2.92. The highest BCUT2D eigenvalue weighted by molar-refractivity contribution is 5.75. The van der Waals surface area contributed by atoms with Crippen LogP contribution in [0.5, 0.6) is 0 Å². The SMILES string of the molecule is C=CC1(N2CCC(n3cnc4ccccc43)CC2)CCCCCC1. The van der Waals surface area contributed by atoms with Crippen molar-refractivity contribution in [1.82, 2.24) is 14.5 Å². The zero-order valence-corrected chi connectivity index (χ0v) is 14.7. The first kappa shape index (κ1) is 15.9. The Kier molecular flexibility index (Phi) is 4.45. The fourth-order valence-corrected chi connectivity index (χ4v) is 4.85. The van der Waals surface area contributed by atoms with E-state index in [4.69, 9.17) is 0 Å². The smallest absolute Gasteiger partial charge is 0.0960 e. The zero-order valence-electron chi connectivity index (χ0n) is 14.7. The van der Waals surface area contributed by atoms with Gasteiger partial charge < -0.3 is 4.57 Å². The third kappa shape index (κ3) is 2.79. The first-order chi connectivity index (χ1) is 11.8. The van der Waals surface area contributed by atoms with Crippen molar-refractivity contribution < 1.29 is 0 Å². The Morgan fingerprint density at radius 2 is 1.75 bits per heavy atom. The first-order valence-corrected chi connectivity index (χ1v) is 9.63. The fraction of sp³-hybridized carbons (Fsp3) is 0.571. The average molecular weight is 323 g/mol. The van der Waals surface area contributed by atoms with E-state index in [0.29, 0.717) is 6.04 Å². The molecule has 1 saturated heterocycles. The summed E-state index contributed by atoms with van der Waals surface area (Å²) in [6, 6.07) is 9.09. The van der Waals surface area contributed by atoms with Crippen LogP contribution in [-0.4, -0.2) is 33.1 Å². The van der Waals surface area contributed by atoms with E-state index in [2.05, 4.69) is 51.4 Å². The van der Waals surface area contributed by atoms with Gasteiger partial charge in [0, 0.05) is 24.7 Å². The standard InChI is InChI=1S/C21H29N3/c1-2-21(13-7-3-4-8-14-21)23-15-11-18(12-16-23)24-17-22-19-9-5-6-10-20(19)24/h2,5-6,9-10,17-18H,1,3-4,7-8,11-16H2. The third-order valence-corrected chi connectivity index (χ3v) is 6.32. The van der Waals surface area contributed by atoms with Crippen molar-refractivity contribution in [2.45, 2.75) is 62.9 Å². The van der Waals surface area contributed by atoms with Gasteiger partial charge in [0.25, 0.3) is 0 Å². The van der Waals surface area contributed by atoms with Gasteiger partial charge in [0.15, 0.2) is 0 Å². The molecule has 128 valence electrons. The van der Waals surface area contributed by atoms with Crippen molar-refractivity contribution in [1.29, 1.82) is 0 Å². The summed E-state index contributed by atoms with van der Waals surface area (Å²) in [4.78, 5) is 7.32. The summed E-state index contributed by atoms with van der Waals surface area (Å²) in [5.74, 6) is 0. The monoisotopic (exact) mass is 323 g/mol. The second kappa shape index (κ2) is 6.72. The van der Waals surface area contributed by atoms with Crippen LogP contribution in [0.1, 0.15) is 57.4 Å². The number of aromatic nitrogens is 2. The minimum Gasteiger partial charge on any atom is -0.327 e. The van der Waals surface area contributed by atoms with Crippen LogP contribution in [-0.2, 0) is 0 Å². The van der Waals surface area contributed by atoms with Gasteiger partial charge in [-0.25, -0.2) is 4.98 Å². The zero-order chi connectivity index (χ0) is 16.4. The number of fused-ring (bicyclic) bond motifs is 1. The normalized spacial score (nSPS) is 23.2. The predicted octanol–water partition coefficient (Wildman–Crippen LogP) is 4.95. The molecule has 2 heterocycles. The van der Waals surface area contributed by atoms with E-state index < -0.39 is 0 Å². The highest BCUT2D eigenvalue weighted by Crippen LogP contribution is 2.37. The van der Waals surface area contributed by atoms with Crippen molar-refractivity contribution >= 4 is 11.0 Å². The molecule has 1 aliphatic heterocycles. The Bertz CT molecular complexity index is 686. The van der Waals surface area contributed by atoms with Crippen molar-refractivity contribution in [3.8, 4) is 0 Å². The largest absolute Gasteiger partial charge is 0.327 e. The van der Waals surface area contributed by atoms with Gasteiger partial charge >= 0.3 is 0 Å². The minimum atomic E-state index is 0.262. The molecule has 3 nitrogen and oxygen atoms in total. The van der Waals surface area contributed by atoms with Crippen molar-refractivity contribution in [2.24, 2.45) is 0 Å². The number of rotatable bonds is 3. The number of likely N-dealkylation sites (tertiary alicyclic amines) is 1. The maximum Gasteiger partial charge on any atom is 0.0960 e. The summed E-state index contributed by atoms with van der Waals surface area (Å²) in [6.45, 7) is 6.59. The van der Waals surface area contributed by atoms with E-state index in [1.54, 1.807) is 0 Å². The predicted molar refractivity (Wildman–Crippen MR) is 100 cm³/mol. The molecule has 0 atom stereocenters. The van der Waals surface area contributed by atoms with Gasteiger partial charge in [0.2, 0.25) is 0 Å². The summed E-state index contributed by atoms with van der Waals surface area (Å²) in [6.07, 6.45) is 14.9. The van der Waals surface area contributed by atoms with E-state index >= 15 is 0 Å². The number of imidazole rings is 1. The van der Waals surface area contributed by atoms with Crippen LogP contribution in [0.2, 0.25) is 0 Å². The summed E-state index contributed by atoms with van der Waals surface area (Å²) in [5.41, 5.74) is 2.66. The van der Waals surface area contributed by atoms with Crippen LogP contribution >= 0.6 is 0 Å². The molecule has 1 aromatic carbocycles. The molecule has 4 rings (SSSR count). The van der Waals surface area contributed by atoms with Gasteiger partial charge in [-0.05, 0) is 37.8 Å². The second-order valence-corrected chi connectivity index (χ2v) is 7.58. The highest BCUT2D eigenvalue weighted by atomic mass is 15.2. The maximum absolute atomic E-state index is 4.58. The fourth-order valence-electron chi connectivity index (χ4n) is 4.85. The molecule has 1 saturated carbocycles. The van der Waals surface area contributed by atoms with Crippen LogP contribution in [0, 0.1) is 0 Å². The van der Waals surface area contributed by atoms with E-state index in [1.165, 1.54) is 70.0 Å². The molecular weight excluding hydrogens is 294 g/mol. The van der Waals surface area contributed by atoms with Crippen LogP contribution in [0.3, 0.4) is 0 Å². The van der Waals surface area contributed by atoms with Gasteiger partial charge in [-0.2, -0.15) is 0 Å². The van der Waals surface area contributed by atoms with Gasteiger partial charge in [0.05, 0.1) is 17.4 Å². The molecule has 0 radical (unpaired) electrons. The minimum absolute atomic E-state index is 0.262. The Balaban J connectivity index is 1.49. The number of piperidine rings is 1. The summed E-state index contributed by atoms with van der Waals surface area (Å²) in [7, 11) is 0. The molecule has 0 unspecified atom stereocenters. The Morgan fingerprint density at radius 1 is 1.04 bits per heavy atom. The molecule has 24 heavy (non-hydrogen) atoms. The Labute approximate surface area is 145 Å². The molecule has 0 spiro atoms. The molecule has 0 bridgehead atoms. The Morgan fingerprint density at radius 3 is 2.46 bits per heavy atom. The number of hydrogen-bond acceptors (Lipinski definition) is 2. The summed E-state index contributed by atoms with van der Waals surface area (Å²) < 4.78 is 2.40. The quantitative estimate of drug-likeness (QED) is 0.588. The summed E-state index contributed by atoms with van der Waals surface area (Å²) in [5, 5.41) is 0. The topological polar surface area (TPSA) is 21.1 Å². The number of para-hydroxylation sites is 2. The van der Waals surface area contributed by atoms with Crippen LogP contribution in [0.15, 0.2) is 43.2 Å². The van der Waals surface area contributed by atoms with E-state index in [9.17, 15) is 0 Å².